The number of rotatable bonds is 6. The van der Waals surface area contributed by atoms with E-state index in [4.69, 9.17) is 23.2 Å². The van der Waals surface area contributed by atoms with Gasteiger partial charge in [-0.3, -0.25) is 19.2 Å². The van der Waals surface area contributed by atoms with Crippen LogP contribution in [0.15, 0.2) is 71.6 Å². The Bertz CT molecular complexity index is 1530. The number of hydrogen-bond acceptors (Lipinski definition) is 5. The van der Waals surface area contributed by atoms with Gasteiger partial charge in [0.25, 0.3) is 15.9 Å². The van der Waals surface area contributed by atoms with Crippen molar-refractivity contribution >= 4 is 56.4 Å². The monoisotopic (exact) mass is 604 g/mol. The minimum Gasteiger partial charge on any atom is -0.336 e. The van der Waals surface area contributed by atoms with Gasteiger partial charge in [-0.2, -0.15) is 0 Å². The van der Waals surface area contributed by atoms with E-state index in [0.29, 0.717) is 32.7 Å². The first kappa shape index (κ1) is 28.4. The zero-order valence-corrected chi connectivity index (χ0v) is 23.7. The van der Waals surface area contributed by atoms with Crippen molar-refractivity contribution in [3.63, 3.8) is 0 Å². The predicted molar refractivity (Wildman–Crippen MR) is 153 cm³/mol. The van der Waals surface area contributed by atoms with Gasteiger partial charge in [0, 0.05) is 38.4 Å². The highest BCUT2D eigenvalue weighted by atomic mass is 35.5. The predicted octanol–water partition coefficient (Wildman–Crippen LogP) is 4.89. The Morgan fingerprint density at radius 1 is 0.900 bits per heavy atom. The van der Waals surface area contributed by atoms with Crippen molar-refractivity contribution in [2.75, 3.05) is 42.3 Å². The summed E-state index contributed by atoms with van der Waals surface area (Å²) in [4.78, 5) is 31.8. The normalized spacial score (nSPS) is 18.6. The molecule has 2 fully saturated rings. The number of piperidine rings is 1. The molecule has 0 aliphatic carbocycles. The molecule has 0 spiro atoms. The molecule has 40 heavy (non-hydrogen) atoms. The van der Waals surface area contributed by atoms with Crippen LogP contribution in [-0.2, 0) is 14.8 Å². The van der Waals surface area contributed by atoms with Gasteiger partial charge in [0.1, 0.15) is 10.7 Å². The maximum atomic E-state index is 14.1. The molecule has 12 heteroatoms. The summed E-state index contributed by atoms with van der Waals surface area (Å²) < 4.78 is 42.3. The SMILES string of the molecule is O=C(c1cc(S(=O)(=O)Nc2ccccc2F)c(Cl)cc1Cl)N1CCN(C2CCCN(c3ccccc3)C2=O)CC1. The van der Waals surface area contributed by atoms with Crippen molar-refractivity contribution in [2.45, 2.75) is 23.8 Å². The smallest absolute Gasteiger partial charge is 0.263 e. The lowest BCUT2D eigenvalue weighted by Crippen LogP contribution is -2.58. The van der Waals surface area contributed by atoms with E-state index in [-0.39, 0.29) is 33.2 Å². The molecule has 2 heterocycles. The number of carbonyl (C=O) groups is 2. The lowest BCUT2D eigenvalue weighted by atomic mass is 10.0. The third-order valence-electron chi connectivity index (χ3n) is 7.18. The molecule has 1 unspecified atom stereocenters. The number of sulfonamides is 1. The van der Waals surface area contributed by atoms with Crippen LogP contribution in [0.2, 0.25) is 10.0 Å². The molecule has 5 rings (SSSR count). The first-order valence-electron chi connectivity index (χ1n) is 12.8. The van der Waals surface area contributed by atoms with Gasteiger partial charge in [-0.05, 0) is 49.2 Å². The number of anilines is 2. The third kappa shape index (κ3) is 5.81. The molecule has 1 N–H and O–H groups in total. The van der Waals surface area contributed by atoms with Gasteiger partial charge in [-0.25, -0.2) is 12.8 Å². The minimum atomic E-state index is -4.33. The van der Waals surface area contributed by atoms with Gasteiger partial charge in [0.2, 0.25) is 5.91 Å². The van der Waals surface area contributed by atoms with E-state index in [1.807, 2.05) is 35.2 Å². The molecule has 0 bridgehead atoms. The van der Waals surface area contributed by atoms with Crippen LogP contribution in [0.1, 0.15) is 23.2 Å². The van der Waals surface area contributed by atoms with E-state index in [1.165, 1.54) is 24.3 Å². The summed E-state index contributed by atoms with van der Waals surface area (Å²) >= 11 is 12.5. The summed E-state index contributed by atoms with van der Waals surface area (Å²) in [5.41, 5.74) is 0.594. The molecule has 0 saturated carbocycles. The second kappa shape index (κ2) is 11.7. The molecule has 8 nitrogen and oxygen atoms in total. The van der Waals surface area contributed by atoms with E-state index in [9.17, 15) is 22.4 Å². The highest BCUT2D eigenvalue weighted by molar-refractivity contribution is 7.92. The number of amides is 2. The van der Waals surface area contributed by atoms with Gasteiger partial charge in [0.05, 0.1) is 27.3 Å². The molecule has 2 amide bonds. The second-order valence-electron chi connectivity index (χ2n) is 9.66. The lowest BCUT2D eigenvalue weighted by molar-refractivity contribution is -0.126. The lowest BCUT2D eigenvalue weighted by Gasteiger charge is -2.42. The Morgan fingerprint density at radius 2 is 1.57 bits per heavy atom. The minimum absolute atomic E-state index is 0.00299. The number of hydrogen-bond donors (Lipinski definition) is 1. The average molecular weight is 606 g/mol. The summed E-state index contributed by atoms with van der Waals surface area (Å²) in [6, 6.07) is 16.9. The van der Waals surface area contributed by atoms with Crippen LogP contribution in [0.25, 0.3) is 0 Å². The zero-order chi connectivity index (χ0) is 28.4. The number of halogens is 3. The van der Waals surface area contributed by atoms with Crippen LogP contribution >= 0.6 is 23.2 Å². The van der Waals surface area contributed by atoms with Crippen molar-refractivity contribution in [3.8, 4) is 0 Å². The summed E-state index contributed by atoms with van der Waals surface area (Å²) in [6.45, 7) is 2.31. The van der Waals surface area contributed by atoms with E-state index in [0.717, 1.165) is 30.7 Å². The highest BCUT2D eigenvalue weighted by Crippen LogP contribution is 2.32. The molecular weight excluding hydrogens is 578 g/mol. The van der Waals surface area contributed by atoms with Crippen LogP contribution in [0, 0.1) is 5.82 Å². The van der Waals surface area contributed by atoms with Gasteiger partial charge in [-0.15, -0.1) is 0 Å². The fourth-order valence-electron chi connectivity index (χ4n) is 5.11. The van der Waals surface area contributed by atoms with E-state index < -0.39 is 26.6 Å². The molecule has 3 aromatic rings. The van der Waals surface area contributed by atoms with Crippen molar-refractivity contribution < 1.29 is 22.4 Å². The van der Waals surface area contributed by atoms with E-state index in [2.05, 4.69) is 9.62 Å². The van der Waals surface area contributed by atoms with Crippen LogP contribution in [0.3, 0.4) is 0 Å². The Kier molecular flexibility index (Phi) is 8.32. The summed E-state index contributed by atoms with van der Waals surface area (Å²) in [5, 5.41) is -0.197. The fourth-order valence-corrected chi connectivity index (χ4v) is 7.03. The Labute approximate surface area is 242 Å². The number of carbonyl (C=O) groups excluding carboxylic acids is 2. The van der Waals surface area contributed by atoms with Crippen molar-refractivity contribution in [1.29, 1.82) is 0 Å². The second-order valence-corrected chi connectivity index (χ2v) is 12.1. The van der Waals surface area contributed by atoms with E-state index >= 15 is 0 Å². The van der Waals surface area contributed by atoms with E-state index in [1.54, 1.807) is 4.90 Å². The molecule has 210 valence electrons. The van der Waals surface area contributed by atoms with Crippen molar-refractivity contribution in [2.24, 2.45) is 0 Å². The summed E-state index contributed by atoms with van der Waals surface area (Å²) in [7, 11) is -4.33. The summed E-state index contributed by atoms with van der Waals surface area (Å²) in [5.74, 6) is -1.16. The molecule has 0 aromatic heterocycles. The van der Waals surface area contributed by atoms with Crippen molar-refractivity contribution in [1.82, 2.24) is 9.80 Å². The Morgan fingerprint density at radius 3 is 2.27 bits per heavy atom. The maximum Gasteiger partial charge on any atom is 0.263 e. The molecule has 1 atom stereocenters. The molecule has 2 aliphatic rings. The zero-order valence-electron chi connectivity index (χ0n) is 21.4. The average Bonchev–Trinajstić information content (AvgIpc) is 2.94. The maximum absolute atomic E-state index is 14.1. The number of benzene rings is 3. The number of piperazine rings is 1. The van der Waals surface area contributed by atoms with Gasteiger partial charge in [-0.1, -0.05) is 53.5 Å². The molecule has 3 aromatic carbocycles. The Hall–Kier alpha value is -3.18. The number of nitrogens with zero attached hydrogens (tertiary/aromatic N) is 3. The highest BCUT2D eigenvalue weighted by Gasteiger charge is 2.36. The van der Waals surface area contributed by atoms with Crippen LogP contribution < -0.4 is 9.62 Å². The van der Waals surface area contributed by atoms with Gasteiger partial charge in [0.15, 0.2) is 0 Å². The molecular formula is C28H27Cl2FN4O4S. The molecule has 2 saturated heterocycles. The number of nitrogens with one attached hydrogen (secondary N) is 1. The summed E-state index contributed by atoms with van der Waals surface area (Å²) in [6.07, 6.45) is 1.62. The largest absolute Gasteiger partial charge is 0.336 e. The van der Waals surface area contributed by atoms with Crippen LogP contribution in [-0.4, -0.2) is 68.8 Å². The fraction of sp³-hybridized carbons (Fsp3) is 0.286. The van der Waals surface area contributed by atoms with Crippen molar-refractivity contribution in [3.05, 3.63) is 88.2 Å². The quantitative estimate of drug-likeness (QED) is 0.433. The Balaban J connectivity index is 1.29. The topological polar surface area (TPSA) is 90.0 Å². The number of para-hydroxylation sites is 2. The molecule has 0 radical (unpaired) electrons. The van der Waals surface area contributed by atoms with Gasteiger partial charge < -0.3 is 9.80 Å². The standard InChI is InChI=1S/C28H27Cl2FN4O4S/c29-21-18-22(30)26(40(38,39)32-24-10-5-4-9-23(24)31)17-20(21)27(36)34-15-13-33(14-16-34)25-11-6-12-35(28(25)37)19-7-2-1-3-8-19/h1-5,7-10,17-18,25,32H,6,11-16H2. The van der Waals surface area contributed by atoms with Gasteiger partial charge >= 0.3 is 0 Å². The van der Waals surface area contributed by atoms with Crippen LogP contribution in [0.4, 0.5) is 15.8 Å². The first-order valence-corrected chi connectivity index (χ1v) is 15.1. The first-order chi connectivity index (χ1) is 19.2. The third-order valence-corrected chi connectivity index (χ3v) is 9.32. The molecule has 2 aliphatic heterocycles. The van der Waals surface area contributed by atoms with Crippen LogP contribution in [0.5, 0.6) is 0 Å².